The number of hydrogen-bond donors (Lipinski definition) is 1. The van der Waals surface area contributed by atoms with Crippen molar-refractivity contribution in [1.29, 1.82) is 0 Å². The van der Waals surface area contributed by atoms with E-state index < -0.39 is 0 Å². The Morgan fingerprint density at radius 3 is 2.76 bits per heavy atom. The highest BCUT2D eigenvalue weighted by Crippen LogP contribution is 2.37. The van der Waals surface area contributed by atoms with Gasteiger partial charge in [-0.1, -0.05) is 0 Å². The largest absolute Gasteiger partial charge is 0.454 e. The summed E-state index contributed by atoms with van der Waals surface area (Å²) in [5.41, 5.74) is 2.83. The number of piperidine rings is 1. The van der Waals surface area contributed by atoms with Gasteiger partial charge >= 0.3 is 0 Å². The third-order valence-corrected chi connectivity index (χ3v) is 4.11. The van der Waals surface area contributed by atoms with Gasteiger partial charge in [0.05, 0.1) is 11.6 Å². The van der Waals surface area contributed by atoms with Crippen LogP contribution in [0.25, 0.3) is 0 Å². The molecule has 1 aromatic carbocycles. The van der Waals surface area contributed by atoms with E-state index in [-0.39, 0.29) is 24.5 Å². The van der Waals surface area contributed by atoms with E-state index in [0.29, 0.717) is 25.1 Å². The molecule has 1 saturated heterocycles. The van der Waals surface area contributed by atoms with Crippen molar-refractivity contribution in [2.24, 2.45) is 10.9 Å². The molecule has 1 unspecified atom stereocenters. The van der Waals surface area contributed by atoms with Gasteiger partial charge in [-0.05, 0) is 30.5 Å². The standard InChI is InChI=1S/C15H14N2O4/c18-13-2-1-9(15(19)17-13)14-10-6-12-11(20-7-21-12)5-8(10)3-4-16-14/h5-6,9H,1-4,7H2,(H,17,18,19). The van der Waals surface area contributed by atoms with Crippen LogP contribution < -0.4 is 14.8 Å². The van der Waals surface area contributed by atoms with E-state index in [0.717, 1.165) is 29.0 Å². The SMILES string of the molecule is O=C1CCC(C2=NCCc3cc4c(cc32)OCO4)C(=O)N1. The predicted molar refractivity (Wildman–Crippen MR) is 73.5 cm³/mol. The summed E-state index contributed by atoms with van der Waals surface area (Å²) in [6.07, 6.45) is 1.69. The van der Waals surface area contributed by atoms with Crippen LogP contribution in [0.4, 0.5) is 0 Å². The van der Waals surface area contributed by atoms with E-state index in [1.165, 1.54) is 0 Å². The second-order valence-corrected chi connectivity index (χ2v) is 5.38. The first kappa shape index (κ1) is 12.4. The first-order valence-electron chi connectivity index (χ1n) is 7.03. The zero-order valence-electron chi connectivity index (χ0n) is 11.3. The summed E-state index contributed by atoms with van der Waals surface area (Å²) in [5.74, 6) is 0.616. The summed E-state index contributed by atoms with van der Waals surface area (Å²) in [6, 6.07) is 3.87. The van der Waals surface area contributed by atoms with Crippen LogP contribution in [-0.2, 0) is 16.0 Å². The normalized spacial score (nSPS) is 23.4. The molecule has 1 N–H and O–H groups in total. The molecule has 2 amide bonds. The summed E-state index contributed by atoms with van der Waals surface area (Å²) in [6.45, 7) is 0.878. The van der Waals surface area contributed by atoms with Crippen molar-refractivity contribution in [3.05, 3.63) is 23.3 Å². The maximum Gasteiger partial charge on any atom is 0.235 e. The minimum atomic E-state index is -0.359. The second-order valence-electron chi connectivity index (χ2n) is 5.38. The Balaban J connectivity index is 1.73. The van der Waals surface area contributed by atoms with Crippen LogP contribution in [0, 0.1) is 5.92 Å². The van der Waals surface area contributed by atoms with E-state index in [1.807, 2.05) is 12.1 Å². The molecule has 21 heavy (non-hydrogen) atoms. The summed E-state index contributed by atoms with van der Waals surface area (Å²) in [5, 5.41) is 2.40. The number of aliphatic imine (C=N–C) groups is 1. The second kappa shape index (κ2) is 4.58. The van der Waals surface area contributed by atoms with Crippen LogP contribution in [0.1, 0.15) is 24.0 Å². The van der Waals surface area contributed by atoms with Gasteiger partial charge in [0.15, 0.2) is 11.5 Å². The summed E-state index contributed by atoms with van der Waals surface area (Å²) >= 11 is 0. The van der Waals surface area contributed by atoms with E-state index in [2.05, 4.69) is 10.3 Å². The fraction of sp³-hybridized carbons (Fsp3) is 0.400. The lowest BCUT2D eigenvalue weighted by Gasteiger charge is -2.26. The first-order chi connectivity index (χ1) is 10.2. The predicted octanol–water partition coefficient (Wildman–Crippen LogP) is 0.813. The lowest BCUT2D eigenvalue weighted by Crippen LogP contribution is -2.44. The molecule has 3 aliphatic rings. The molecule has 1 atom stereocenters. The molecule has 3 heterocycles. The van der Waals surface area contributed by atoms with Crippen LogP contribution >= 0.6 is 0 Å². The molecule has 1 fully saturated rings. The van der Waals surface area contributed by atoms with E-state index >= 15 is 0 Å². The molecule has 0 saturated carbocycles. The third kappa shape index (κ3) is 1.98. The molecule has 3 aliphatic heterocycles. The molecule has 6 heteroatoms. The molecular weight excluding hydrogens is 272 g/mol. The summed E-state index contributed by atoms with van der Waals surface area (Å²) in [7, 11) is 0. The lowest BCUT2D eigenvalue weighted by molar-refractivity contribution is -0.134. The first-order valence-corrected chi connectivity index (χ1v) is 7.03. The number of hydrogen-bond acceptors (Lipinski definition) is 5. The highest BCUT2D eigenvalue weighted by molar-refractivity contribution is 6.18. The monoisotopic (exact) mass is 286 g/mol. The van der Waals surface area contributed by atoms with Gasteiger partial charge in [0, 0.05) is 18.5 Å². The number of imide groups is 1. The molecule has 1 aromatic rings. The van der Waals surface area contributed by atoms with E-state index in [1.54, 1.807) is 0 Å². The van der Waals surface area contributed by atoms with E-state index in [9.17, 15) is 9.59 Å². The van der Waals surface area contributed by atoms with Gasteiger partial charge in [0.1, 0.15) is 0 Å². The van der Waals surface area contributed by atoms with Crippen molar-refractivity contribution in [2.45, 2.75) is 19.3 Å². The molecule has 0 aromatic heterocycles. The van der Waals surface area contributed by atoms with Crippen molar-refractivity contribution >= 4 is 17.5 Å². The Morgan fingerprint density at radius 2 is 1.95 bits per heavy atom. The highest BCUT2D eigenvalue weighted by atomic mass is 16.7. The lowest BCUT2D eigenvalue weighted by atomic mass is 9.85. The molecule has 108 valence electrons. The molecular formula is C15H14N2O4. The number of nitrogens with one attached hydrogen (secondary N) is 1. The molecule has 0 spiro atoms. The van der Waals surface area contributed by atoms with Gasteiger partial charge < -0.3 is 9.47 Å². The van der Waals surface area contributed by atoms with Crippen molar-refractivity contribution in [3.63, 3.8) is 0 Å². The number of carbonyl (C=O) groups excluding carboxylic acids is 2. The molecule has 6 nitrogen and oxygen atoms in total. The quantitative estimate of drug-likeness (QED) is 0.775. The molecule has 4 rings (SSSR count). The smallest absolute Gasteiger partial charge is 0.235 e. The number of amides is 2. The van der Waals surface area contributed by atoms with Crippen molar-refractivity contribution < 1.29 is 19.1 Å². The number of benzene rings is 1. The summed E-state index contributed by atoms with van der Waals surface area (Å²) in [4.78, 5) is 27.9. The van der Waals surface area contributed by atoms with Crippen molar-refractivity contribution in [2.75, 3.05) is 13.3 Å². The Labute approximate surface area is 121 Å². The Bertz CT molecular complexity index is 680. The fourth-order valence-corrected chi connectivity index (χ4v) is 3.06. The molecule has 0 bridgehead atoms. The number of ether oxygens (including phenoxy) is 2. The number of rotatable bonds is 1. The highest BCUT2D eigenvalue weighted by Gasteiger charge is 2.34. The van der Waals surface area contributed by atoms with Gasteiger partial charge in [0.25, 0.3) is 0 Å². The van der Waals surface area contributed by atoms with Crippen molar-refractivity contribution in [3.8, 4) is 11.5 Å². The van der Waals surface area contributed by atoms with Gasteiger partial charge in [0.2, 0.25) is 18.6 Å². The van der Waals surface area contributed by atoms with Crippen molar-refractivity contribution in [1.82, 2.24) is 5.32 Å². The van der Waals surface area contributed by atoms with Gasteiger partial charge in [-0.25, -0.2) is 0 Å². The Morgan fingerprint density at radius 1 is 1.14 bits per heavy atom. The number of carbonyl (C=O) groups is 2. The van der Waals surface area contributed by atoms with Crippen LogP contribution in [0.3, 0.4) is 0 Å². The van der Waals surface area contributed by atoms with Crippen LogP contribution in [-0.4, -0.2) is 30.9 Å². The minimum Gasteiger partial charge on any atom is -0.454 e. The Hall–Kier alpha value is -2.37. The fourth-order valence-electron chi connectivity index (χ4n) is 3.06. The zero-order chi connectivity index (χ0) is 14.4. The zero-order valence-corrected chi connectivity index (χ0v) is 11.3. The van der Waals surface area contributed by atoms with Gasteiger partial charge in [-0.2, -0.15) is 0 Å². The van der Waals surface area contributed by atoms with Gasteiger partial charge in [-0.3, -0.25) is 19.9 Å². The summed E-state index contributed by atoms with van der Waals surface area (Å²) < 4.78 is 10.8. The average molecular weight is 286 g/mol. The number of nitrogens with zero attached hydrogens (tertiary/aromatic N) is 1. The van der Waals surface area contributed by atoms with E-state index in [4.69, 9.17) is 9.47 Å². The van der Waals surface area contributed by atoms with Gasteiger partial charge in [-0.15, -0.1) is 0 Å². The van der Waals surface area contributed by atoms with Crippen LogP contribution in [0.2, 0.25) is 0 Å². The van der Waals surface area contributed by atoms with Crippen LogP contribution in [0.5, 0.6) is 11.5 Å². The maximum absolute atomic E-state index is 12.1. The minimum absolute atomic E-state index is 0.210. The third-order valence-electron chi connectivity index (χ3n) is 4.11. The molecule has 0 radical (unpaired) electrons. The average Bonchev–Trinajstić information content (AvgIpc) is 2.92. The van der Waals surface area contributed by atoms with Crippen LogP contribution in [0.15, 0.2) is 17.1 Å². The topological polar surface area (TPSA) is 77.0 Å². The Kier molecular flexibility index (Phi) is 2.70. The maximum atomic E-state index is 12.1. The number of fused-ring (bicyclic) bond motifs is 2. The molecule has 0 aliphatic carbocycles.